The van der Waals surface area contributed by atoms with Crippen LogP contribution in [0.15, 0.2) is 18.2 Å². The third-order valence-electron chi connectivity index (χ3n) is 3.49. The first-order valence-corrected chi connectivity index (χ1v) is 6.34. The van der Waals surface area contributed by atoms with E-state index in [1.165, 1.54) is 16.7 Å². The zero-order valence-corrected chi connectivity index (χ0v) is 11.3. The van der Waals surface area contributed by atoms with E-state index >= 15 is 0 Å². The number of aryl methyl sites for hydroxylation is 2. The molecular formula is C15H25N. The van der Waals surface area contributed by atoms with Crippen LogP contribution in [0.3, 0.4) is 0 Å². The van der Waals surface area contributed by atoms with E-state index in [1.807, 2.05) is 0 Å². The minimum absolute atomic E-state index is 0.625. The molecule has 0 radical (unpaired) electrons. The number of benzene rings is 1. The Balaban J connectivity index is 2.75. The second-order valence-corrected chi connectivity index (χ2v) is 4.93. The highest BCUT2D eigenvalue weighted by molar-refractivity contribution is 5.33. The Morgan fingerprint density at radius 2 is 1.88 bits per heavy atom. The van der Waals surface area contributed by atoms with Gasteiger partial charge in [0.25, 0.3) is 0 Å². The van der Waals surface area contributed by atoms with Gasteiger partial charge in [0, 0.05) is 0 Å². The highest BCUT2D eigenvalue weighted by Gasteiger charge is 2.15. The molecule has 1 N–H and O–H groups in total. The average molecular weight is 219 g/mol. The molecule has 0 saturated carbocycles. The second-order valence-electron chi connectivity index (χ2n) is 4.93. The predicted molar refractivity (Wildman–Crippen MR) is 72.0 cm³/mol. The molecule has 16 heavy (non-hydrogen) atoms. The lowest BCUT2D eigenvalue weighted by atomic mass is 9.86. The van der Waals surface area contributed by atoms with Crippen LogP contribution in [-0.4, -0.2) is 13.1 Å². The number of hydrogen-bond acceptors (Lipinski definition) is 1. The summed E-state index contributed by atoms with van der Waals surface area (Å²) in [6, 6.07) is 6.79. The standard InChI is InChI=1S/C15H25N/c1-6-16-10-13(4)14(5)15-8-7-11(2)9-12(15)3/h7-9,13-14,16H,6,10H2,1-5H3. The molecule has 0 aliphatic rings. The third-order valence-corrected chi connectivity index (χ3v) is 3.49. The summed E-state index contributed by atoms with van der Waals surface area (Å²) in [6.07, 6.45) is 0. The van der Waals surface area contributed by atoms with Crippen molar-refractivity contribution < 1.29 is 0 Å². The zero-order chi connectivity index (χ0) is 12.1. The zero-order valence-electron chi connectivity index (χ0n) is 11.3. The van der Waals surface area contributed by atoms with Crippen molar-refractivity contribution in [3.8, 4) is 0 Å². The number of nitrogens with one attached hydrogen (secondary N) is 1. The van der Waals surface area contributed by atoms with Gasteiger partial charge in [-0.25, -0.2) is 0 Å². The molecule has 0 fully saturated rings. The summed E-state index contributed by atoms with van der Waals surface area (Å²) in [5.41, 5.74) is 4.28. The smallest absolute Gasteiger partial charge is 0.00175 e. The molecule has 1 aromatic carbocycles. The van der Waals surface area contributed by atoms with Gasteiger partial charge < -0.3 is 5.32 Å². The van der Waals surface area contributed by atoms with Crippen LogP contribution in [0, 0.1) is 19.8 Å². The van der Waals surface area contributed by atoms with Crippen molar-refractivity contribution in [2.75, 3.05) is 13.1 Å². The van der Waals surface area contributed by atoms with Gasteiger partial charge in [-0.2, -0.15) is 0 Å². The van der Waals surface area contributed by atoms with E-state index in [-0.39, 0.29) is 0 Å². The Labute approximate surface area is 100 Å². The Morgan fingerprint density at radius 1 is 1.19 bits per heavy atom. The first-order valence-electron chi connectivity index (χ1n) is 6.34. The summed E-state index contributed by atoms with van der Waals surface area (Å²) in [6.45, 7) is 13.4. The summed E-state index contributed by atoms with van der Waals surface area (Å²) in [5.74, 6) is 1.31. The molecule has 0 aliphatic heterocycles. The van der Waals surface area contributed by atoms with E-state index in [2.05, 4.69) is 58.1 Å². The molecule has 0 amide bonds. The largest absolute Gasteiger partial charge is 0.317 e. The molecule has 0 aromatic heterocycles. The van der Waals surface area contributed by atoms with Crippen LogP contribution in [0.2, 0.25) is 0 Å². The van der Waals surface area contributed by atoms with Crippen LogP contribution < -0.4 is 5.32 Å². The van der Waals surface area contributed by atoms with Crippen LogP contribution in [0.25, 0.3) is 0 Å². The highest BCUT2D eigenvalue weighted by atomic mass is 14.8. The van der Waals surface area contributed by atoms with Crippen molar-refractivity contribution in [1.29, 1.82) is 0 Å². The summed E-state index contributed by atoms with van der Waals surface area (Å²) in [7, 11) is 0. The fourth-order valence-electron chi connectivity index (χ4n) is 2.19. The van der Waals surface area contributed by atoms with E-state index in [1.54, 1.807) is 0 Å². The SMILES string of the molecule is CCNCC(C)C(C)c1ccc(C)cc1C. The molecule has 0 aliphatic carbocycles. The Hall–Kier alpha value is -0.820. The molecule has 1 heteroatoms. The fraction of sp³-hybridized carbons (Fsp3) is 0.600. The van der Waals surface area contributed by atoms with Crippen LogP contribution in [0.4, 0.5) is 0 Å². The van der Waals surface area contributed by atoms with Gasteiger partial charge in [-0.3, -0.25) is 0 Å². The first kappa shape index (κ1) is 13.2. The Kier molecular flexibility index (Phi) is 5.01. The van der Waals surface area contributed by atoms with Crippen molar-refractivity contribution in [3.05, 3.63) is 34.9 Å². The molecule has 2 unspecified atom stereocenters. The normalized spacial score (nSPS) is 14.8. The van der Waals surface area contributed by atoms with E-state index in [4.69, 9.17) is 0 Å². The maximum absolute atomic E-state index is 3.43. The first-order chi connectivity index (χ1) is 7.56. The predicted octanol–water partition coefficient (Wildman–Crippen LogP) is 3.65. The molecule has 0 heterocycles. The van der Waals surface area contributed by atoms with Crippen molar-refractivity contribution in [2.45, 2.75) is 40.5 Å². The molecule has 90 valence electrons. The summed E-state index contributed by atoms with van der Waals surface area (Å²) in [5, 5.41) is 3.43. The van der Waals surface area contributed by atoms with Crippen molar-refractivity contribution in [3.63, 3.8) is 0 Å². The van der Waals surface area contributed by atoms with Crippen LogP contribution in [0.5, 0.6) is 0 Å². The molecule has 0 bridgehead atoms. The van der Waals surface area contributed by atoms with Gasteiger partial charge >= 0.3 is 0 Å². The van der Waals surface area contributed by atoms with Gasteiger partial charge in [-0.05, 0) is 49.9 Å². The number of rotatable bonds is 5. The molecule has 0 saturated heterocycles. The minimum atomic E-state index is 0.625. The monoisotopic (exact) mass is 219 g/mol. The van der Waals surface area contributed by atoms with Gasteiger partial charge in [0.2, 0.25) is 0 Å². The van der Waals surface area contributed by atoms with Gasteiger partial charge in [0.05, 0.1) is 0 Å². The molecule has 1 nitrogen and oxygen atoms in total. The molecule has 1 aromatic rings. The molecule has 0 spiro atoms. The highest BCUT2D eigenvalue weighted by Crippen LogP contribution is 2.26. The Morgan fingerprint density at radius 3 is 2.44 bits per heavy atom. The van der Waals surface area contributed by atoms with Gasteiger partial charge in [-0.15, -0.1) is 0 Å². The van der Waals surface area contributed by atoms with E-state index in [0.29, 0.717) is 11.8 Å². The second kappa shape index (κ2) is 6.05. The summed E-state index contributed by atoms with van der Waals surface area (Å²) >= 11 is 0. The summed E-state index contributed by atoms with van der Waals surface area (Å²) < 4.78 is 0. The quantitative estimate of drug-likeness (QED) is 0.797. The lowest BCUT2D eigenvalue weighted by Crippen LogP contribution is -2.24. The van der Waals surface area contributed by atoms with Crippen LogP contribution >= 0.6 is 0 Å². The maximum atomic E-state index is 3.43. The van der Waals surface area contributed by atoms with E-state index in [9.17, 15) is 0 Å². The average Bonchev–Trinajstić information content (AvgIpc) is 2.25. The summed E-state index contributed by atoms with van der Waals surface area (Å²) in [4.78, 5) is 0. The van der Waals surface area contributed by atoms with E-state index < -0.39 is 0 Å². The topological polar surface area (TPSA) is 12.0 Å². The molecule has 1 rings (SSSR count). The van der Waals surface area contributed by atoms with E-state index in [0.717, 1.165) is 13.1 Å². The molecule has 2 atom stereocenters. The van der Waals surface area contributed by atoms with Crippen LogP contribution in [0.1, 0.15) is 43.4 Å². The van der Waals surface area contributed by atoms with Crippen LogP contribution in [-0.2, 0) is 0 Å². The molecular weight excluding hydrogens is 194 g/mol. The van der Waals surface area contributed by atoms with Gasteiger partial charge in [0.15, 0.2) is 0 Å². The van der Waals surface area contributed by atoms with Crippen molar-refractivity contribution in [1.82, 2.24) is 5.32 Å². The lowest BCUT2D eigenvalue weighted by Gasteiger charge is -2.22. The number of hydrogen-bond donors (Lipinski definition) is 1. The van der Waals surface area contributed by atoms with Gasteiger partial charge in [-0.1, -0.05) is 44.5 Å². The minimum Gasteiger partial charge on any atom is -0.317 e. The van der Waals surface area contributed by atoms with Crippen molar-refractivity contribution in [2.24, 2.45) is 5.92 Å². The fourth-order valence-corrected chi connectivity index (χ4v) is 2.19. The van der Waals surface area contributed by atoms with Gasteiger partial charge in [0.1, 0.15) is 0 Å². The maximum Gasteiger partial charge on any atom is -0.00175 e. The van der Waals surface area contributed by atoms with Crippen molar-refractivity contribution >= 4 is 0 Å². The Bertz CT molecular complexity index is 330. The third kappa shape index (κ3) is 3.34. The lowest BCUT2D eigenvalue weighted by molar-refractivity contribution is 0.452.